The molecule has 1 saturated heterocycles. The number of hydrogen-bond acceptors (Lipinski definition) is 5. The molecule has 4 nitrogen and oxygen atoms in total. The molecule has 1 fully saturated rings. The number of aromatic nitrogens is 2. The number of pyridine rings is 1. The number of thioether (sulfide) groups is 1. The first kappa shape index (κ1) is 14.8. The van der Waals surface area contributed by atoms with Crippen molar-refractivity contribution in [2.24, 2.45) is 5.92 Å². The Morgan fingerprint density at radius 3 is 3.05 bits per heavy atom. The number of amides is 1. The summed E-state index contributed by atoms with van der Waals surface area (Å²) < 4.78 is 0. The minimum absolute atomic E-state index is 0.0972. The Morgan fingerprint density at radius 1 is 1.52 bits per heavy atom. The average molecular weight is 340 g/mol. The number of halogens is 1. The van der Waals surface area contributed by atoms with Crippen molar-refractivity contribution in [3.63, 3.8) is 0 Å². The van der Waals surface area contributed by atoms with E-state index in [2.05, 4.69) is 9.97 Å². The predicted molar refractivity (Wildman–Crippen MR) is 89.2 cm³/mol. The van der Waals surface area contributed by atoms with E-state index in [4.69, 9.17) is 11.6 Å². The molecule has 7 heteroatoms. The van der Waals surface area contributed by atoms with Crippen LogP contribution in [0.1, 0.15) is 6.42 Å². The van der Waals surface area contributed by atoms with Crippen molar-refractivity contribution in [3.8, 4) is 10.6 Å². The molecule has 3 rings (SSSR count). The van der Waals surface area contributed by atoms with Crippen LogP contribution in [0.4, 0.5) is 5.00 Å². The molecule has 0 N–H and O–H groups in total. The van der Waals surface area contributed by atoms with Crippen LogP contribution in [0, 0.1) is 5.92 Å². The van der Waals surface area contributed by atoms with Gasteiger partial charge in [-0.2, -0.15) is 11.8 Å². The van der Waals surface area contributed by atoms with Gasteiger partial charge in [0, 0.05) is 36.7 Å². The first-order chi connectivity index (χ1) is 10.2. The standard InChI is InChI=1S/C14H14ClN3OS2/c1-18(13(19)10-4-6-20-8-10)14-11(15)17-12(21-14)9-3-2-5-16-7-9/h2-3,5,7,10H,4,6,8H2,1H3. The molecule has 1 unspecified atom stereocenters. The first-order valence-corrected chi connectivity index (χ1v) is 8.94. The Labute approximate surface area is 136 Å². The van der Waals surface area contributed by atoms with Gasteiger partial charge in [-0.05, 0) is 24.3 Å². The van der Waals surface area contributed by atoms with Crippen LogP contribution in [0.2, 0.25) is 5.15 Å². The number of hydrogen-bond donors (Lipinski definition) is 0. The van der Waals surface area contributed by atoms with E-state index >= 15 is 0 Å². The molecule has 2 aromatic heterocycles. The smallest absolute Gasteiger partial charge is 0.231 e. The molecule has 0 bridgehead atoms. The lowest BCUT2D eigenvalue weighted by Crippen LogP contribution is -2.32. The lowest BCUT2D eigenvalue weighted by molar-refractivity contribution is -0.121. The molecule has 0 spiro atoms. The van der Waals surface area contributed by atoms with Crippen molar-refractivity contribution >= 4 is 45.6 Å². The van der Waals surface area contributed by atoms with E-state index in [1.165, 1.54) is 11.3 Å². The fourth-order valence-corrected chi connectivity index (χ4v) is 4.72. The highest BCUT2D eigenvalue weighted by Gasteiger charge is 2.28. The van der Waals surface area contributed by atoms with Gasteiger partial charge in [0.15, 0.2) is 5.15 Å². The summed E-state index contributed by atoms with van der Waals surface area (Å²) >= 11 is 9.47. The third-order valence-corrected chi connectivity index (χ3v) is 6.11. The van der Waals surface area contributed by atoms with E-state index in [9.17, 15) is 4.79 Å². The number of thiazole rings is 1. The number of carbonyl (C=O) groups excluding carboxylic acids is 1. The normalized spacial score (nSPS) is 17.9. The summed E-state index contributed by atoms with van der Waals surface area (Å²) in [7, 11) is 1.78. The fraction of sp³-hybridized carbons (Fsp3) is 0.357. The third kappa shape index (κ3) is 3.07. The summed E-state index contributed by atoms with van der Waals surface area (Å²) in [4.78, 5) is 22.6. The molecule has 0 saturated carbocycles. The van der Waals surface area contributed by atoms with E-state index in [0.29, 0.717) is 10.2 Å². The summed E-state index contributed by atoms with van der Waals surface area (Å²) in [6, 6.07) is 3.79. The van der Waals surface area contributed by atoms with Gasteiger partial charge in [0.2, 0.25) is 5.91 Å². The summed E-state index contributed by atoms with van der Waals surface area (Å²) in [5.41, 5.74) is 0.910. The van der Waals surface area contributed by atoms with Crippen LogP contribution in [0.15, 0.2) is 24.5 Å². The second-order valence-corrected chi connectivity index (χ2v) is 7.30. The molecule has 0 aromatic carbocycles. The molecule has 2 aromatic rings. The highest BCUT2D eigenvalue weighted by molar-refractivity contribution is 7.99. The lowest BCUT2D eigenvalue weighted by Gasteiger charge is -2.18. The summed E-state index contributed by atoms with van der Waals surface area (Å²) in [5.74, 6) is 2.18. The second-order valence-electron chi connectivity index (χ2n) is 4.81. The molecule has 0 radical (unpaired) electrons. The van der Waals surface area contributed by atoms with Crippen LogP contribution in [0.25, 0.3) is 10.6 Å². The third-order valence-electron chi connectivity index (χ3n) is 3.39. The Bertz CT molecular complexity index is 641. The SMILES string of the molecule is CN(C(=O)C1CCSC1)c1sc(-c2cccnc2)nc1Cl. The van der Waals surface area contributed by atoms with Crippen LogP contribution in [-0.2, 0) is 4.79 Å². The maximum absolute atomic E-state index is 12.5. The molecule has 1 aliphatic rings. The zero-order valence-corrected chi connectivity index (χ0v) is 13.8. The van der Waals surface area contributed by atoms with Gasteiger partial charge in [-0.3, -0.25) is 9.78 Å². The molecule has 21 heavy (non-hydrogen) atoms. The van der Waals surface area contributed by atoms with E-state index in [0.717, 1.165) is 28.5 Å². The molecular weight excluding hydrogens is 326 g/mol. The number of anilines is 1. The quantitative estimate of drug-likeness (QED) is 0.857. The Balaban J connectivity index is 1.85. The average Bonchev–Trinajstić information content (AvgIpc) is 3.16. The van der Waals surface area contributed by atoms with E-state index in [1.807, 2.05) is 23.9 Å². The van der Waals surface area contributed by atoms with Crippen LogP contribution in [0.3, 0.4) is 0 Å². The maximum atomic E-state index is 12.5. The Kier molecular flexibility index (Phi) is 4.47. The number of carbonyl (C=O) groups is 1. The van der Waals surface area contributed by atoms with E-state index in [-0.39, 0.29) is 11.8 Å². The maximum Gasteiger partial charge on any atom is 0.231 e. The van der Waals surface area contributed by atoms with Gasteiger partial charge in [-0.25, -0.2) is 4.98 Å². The van der Waals surface area contributed by atoms with Gasteiger partial charge in [-0.1, -0.05) is 22.9 Å². The van der Waals surface area contributed by atoms with Crippen LogP contribution < -0.4 is 4.90 Å². The number of rotatable bonds is 3. The summed E-state index contributed by atoms with van der Waals surface area (Å²) in [5, 5.41) is 1.86. The van der Waals surface area contributed by atoms with Crippen molar-refractivity contribution in [1.82, 2.24) is 9.97 Å². The van der Waals surface area contributed by atoms with E-state index < -0.39 is 0 Å². The minimum Gasteiger partial charge on any atom is -0.304 e. The van der Waals surface area contributed by atoms with Crippen molar-refractivity contribution in [3.05, 3.63) is 29.7 Å². The van der Waals surface area contributed by atoms with Crippen LogP contribution >= 0.6 is 34.7 Å². The van der Waals surface area contributed by atoms with Crippen molar-refractivity contribution in [2.75, 3.05) is 23.5 Å². The van der Waals surface area contributed by atoms with Gasteiger partial charge in [0.05, 0.1) is 0 Å². The largest absolute Gasteiger partial charge is 0.304 e. The van der Waals surface area contributed by atoms with Crippen molar-refractivity contribution in [1.29, 1.82) is 0 Å². The lowest BCUT2D eigenvalue weighted by atomic mass is 10.1. The van der Waals surface area contributed by atoms with Gasteiger partial charge in [0.25, 0.3) is 0 Å². The van der Waals surface area contributed by atoms with E-state index in [1.54, 1.807) is 24.3 Å². The zero-order chi connectivity index (χ0) is 14.8. The van der Waals surface area contributed by atoms with Crippen LogP contribution in [0.5, 0.6) is 0 Å². The molecule has 1 amide bonds. The topological polar surface area (TPSA) is 46.1 Å². The van der Waals surface area contributed by atoms with Gasteiger partial charge >= 0.3 is 0 Å². The van der Waals surface area contributed by atoms with Gasteiger partial charge in [0.1, 0.15) is 10.0 Å². The molecule has 3 heterocycles. The zero-order valence-electron chi connectivity index (χ0n) is 11.5. The van der Waals surface area contributed by atoms with Gasteiger partial charge in [-0.15, -0.1) is 0 Å². The molecule has 1 aliphatic heterocycles. The first-order valence-electron chi connectivity index (χ1n) is 6.59. The van der Waals surface area contributed by atoms with Crippen LogP contribution in [-0.4, -0.2) is 34.4 Å². The van der Waals surface area contributed by atoms with Crippen molar-refractivity contribution in [2.45, 2.75) is 6.42 Å². The van der Waals surface area contributed by atoms with Gasteiger partial charge < -0.3 is 4.90 Å². The highest BCUT2D eigenvalue weighted by atomic mass is 35.5. The summed E-state index contributed by atoms with van der Waals surface area (Å²) in [6.07, 6.45) is 4.40. The molecule has 1 atom stereocenters. The highest BCUT2D eigenvalue weighted by Crippen LogP contribution is 2.38. The second kappa shape index (κ2) is 6.34. The monoisotopic (exact) mass is 339 g/mol. The Morgan fingerprint density at radius 2 is 2.38 bits per heavy atom. The number of nitrogens with zero attached hydrogens (tertiary/aromatic N) is 3. The van der Waals surface area contributed by atoms with Crippen molar-refractivity contribution < 1.29 is 4.79 Å². The minimum atomic E-state index is 0.0972. The molecule has 0 aliphatic carbocycles. The predicted octanol–water partition coefficient (Wildman–Crippen LogP) is 3.57. The Hall–Kier alpha value is -1.11. The summed E-state index contributed by atoms with van der Waals surface area (Å²) in [6.45, 7) is 0. The molecule has 110 valence electrons. The molecular formula is C14H14ClN3OS2. The fourth-order valence-electron chi connectivity index (χ4n) is 2.22.